The first-order chi connectivity index (χ1) is 9.11. The number of likely N-dealkylation sites (N-methyl/N-ethyl adjacent to an activating group) is 1. The highest BCUT2D eigenvalue weighted by molar-refractivity contribution is 5.77. The van der Waals surface area contributed by atoms with Crippen molar-refractivity contribution in [2.75, 3.05) is 7.05 Å². The fourth-order valence-electron chi connectivity index (χ4n) is 1.29. The van der Waals surface area contributed by atoms with Crippen LogP contribution in [0.2, 0.25) is 0 Å². The van der Waals surface area contributed by atoms with Gasteiger partial charge in [-0.2, -0.15) is 0 Å². The number of nitrogens with two attached hydrogens (primary N) is 2. The number of primary amides is 1. The summed E-state index contributed by atoms with van der Waals surface area (Å²) < 4.78 is 0. The molecular weight excluding hydrogens is 266 g/mol. The zero-order valence-electron chi connectivity index (χ0n) is 12.1. The van der Waals surface area contributed by atoms with E-state index in [1.54, 1.807) is 0 Å². The van der Waals surface area contributed by atoms with Gasteiger partial charge in [0.05, 0.1) is 0 Å². The fourth-order valence-corrected chi connectivity index (χ4v) is 1.29. The third-order valence-corrected chi connectivity index (χ3v) is 2.37. The molecule has 1 amide bonds. The Bertz CT molecular complexity index is 320. The van der Waals surface area contributed by atoms with Gasteiger partial charge in [-0.1, -0.05) is 13.8 Å². The summed E-state index contributed by atoms with van der Waals surface area (Å²) in [6.45, 7) is 3.89. The van der Waals surface area contributed by atoms with E-state index in [1.165, 1.54) is 7.05 Å². The highest BCUT2D eigenvalue weighted by Crippen LogP contribution is 2.01. The van der Waals surface area contributed by atoms with Crippen LogP contribution in [-0.2, 0) is 14.4 Å². The molecule has 118 valence electrons. The van der Waals surface area contributed by atoms with Crippen LogP contribution in [0, 0.1) is 5.92 Å². The van der Waals surface area contributed by atoms with Gasteiger partial charge in [0.2, 0.25) is 5.91 Å². The molecular formula is C12H25N3O5. The average Bonchev–Trinajstić information content (AvgIpc) is 2.28. The maximum absolute atomic E-state index is 10.3. The predicted molar refractivity (Wildman–Crippen MR) is 74.0 cm³/mol. The number of carbonyl (C=O) groups excluding carboxylic acids is 1. The second-order valence-electron chi connectivity index (χ2n) is 4.76. The van der Waals surface area contributed by atoms with Gasteiger partial charge >= 0.3 is 11.9 Å². The molecule has 0 spiro atoms. The molecule has 0 heterocycles. The van der Waals surface area contributed by atoms with E-state index in [-0.39, 0.29) is 12.8 Å². The van der Waals surface area contributed by atoms with Crippen LogP contribution in [0.1, 0.15) is 33.1 Å². The van der Waals surface area contributed by atoms with Crippen molar-refractivity contribution in [2.24, 2.45) is 17.4 Å². The summed E-state index contributed by atoms with van der Waals surface area (Å²) in [5.74, 6) is -2.00. The summed E-state index contributed by atoms with van der Waals surface area (Å²) >= 11 is 0. The third kappa shape index (κ3) is 12.8. The van der Waals surface area contributed by atoms with E-state index in [0.29, 0.717) is 12.3 Å². The second kappa shape index (κ2) is 11.2. The number of hydrogen-bond acceptors (Lipinski definition) is 5. The molecule has 0 aromatic rings. The van der Waals surface area contributed by atoms with Crippen molar-refractivity contribution >= 4 is 17.8 Å². The molecule has 2 atom stereocenters. The summed E-state index contributed by atoms with van der Waals surface area (Å²) in [6.07, 6.45) is 0.883. The Kier molecular flexibility index (Phi) is 11.5. The number of nitrogens with one attached hydrogen (secondary N) is 1. The van der Waals surface area contributed by atoms with Gasteiger partial charge < -0.3 is 27.0 Å². The number of aliphatic carboxylic acids is 2. The zero-order valence-corrected chi connectivity index (χ0v) is 12.1. The normalized spacial score (nSPS) is 13.1. The van der Waals surface area contributed by atoms with Crippen LogP contribution in [0.4, 0.5) is 0 Å². The van der Waals surface area contributed by atoms with Crippen LogP contribution < -0.4 is 16.8 Å². The van der Waals surface area contributed by atoms with Crippen molar-refractivity contribution in [3.8, 4) is 0 Å². The number of hydrogen-bond donors (Lipinski definition) is 5. The molecule has 8 heteroatoms. The highest BCUT2D eigenvalue weighted by atomic mass is 16.4. The monoisotopic (exact) mass is 291 g/mol. The van der Waals surface area contributed by atoms with Crippen LogP contribution in [-0.4, -0.2) is 47.2 Å². The van der Waals surface area contributed by atoms with Crippen molar-refractivity contribution in [2.45, 2.75) is 45.2 Å². The van der Waals surface area contributed by atoms with Gasteiger partial charge in [0.1, 0.15) is 12.1 Å². The first kappa shape index (κ1) is 20.6. The summed E-state index contributed by atoms with van der Waals surface area (Å²) in [6, 6.07) is -1.37. The van der Waals surface area contributed by atoms with Crippen molar-refractivity contribution in [3.63, 3.8) is 0 Å². The maximum Gasteiger partial charge on any atom is 0.320 e. The largest absolute Gasteiger partial charge is 0.480 e. The zero-order chi connectivity index (χ0) is 16.3. The molecule has 0 radical (unpaired) electrons. The van der Waals surface area contributed by atoms with E-state index >= 15 is 0 Å². The Hall–Kier alpha value is -1.67. The molecule has 0 aromatic carbocycles. The minimum Gasteiger partial charge on any atom is -0.480 e. The molecule has 0 aliphatic rings. The smallest absolute Gasteiger partial charge is 0.320 e. The van der Waals surface area contributed by atoms with Gasteiger partial charge in [0.25, 0.3) is 0 Å². The lowest BCUT2D eigenvalue weighted by Gasteiger charge is -2.08. The third-order valence-electron chi connectivity index (χ3n) is 2.37. The van der Waals surface area contributed by atoms with Crippen molar-refractivity contribution in [3.05, 3.63) is 0 Å². The molecule has 0 fully saturated rings. The van der Waals surface area contributed by atoms with Crippen LogP contribution in [0.15, 0.2) is 0 Å². The van der Waals surface area contributed by atoms with Crippen LogP contribution in [0.25, 0.3) is 0 Å². The SMILES string of the molecule is CC(C)C[C@@H](N)C(=O)O.CN[C@@H](CCC(N)=O)C(=O)O. The number of carboxylic acids is 2. The van der Waals surface area contributed by atoms with Crippen LogP contribution in [0.3, 0.4) is 0 Å². The Labute approximate surface area is 118 Å². The van der Waals surface area contributed by atoms with E-state index in [4.69, 9.17) is 21.7 Å². The predicted octanol–water partition coefficient (Wildman–Crippen LogP) is -0.631. The number of amides is 1. The molecule has 0 saturated carbocycles. The van der Waals surface area contributed by atoms with Gasteiger partial charge in [-0.15, -0.1) is 0 Å². The number of carboxylic acid groups (broad SMARTS) is 2. The Morgan fingerprint density at radius 2 is 1.65 bits per heavy atom. The standard InChI is InChI=1S/C6H12N2O3.C6H13NO2/c1-8-4(6(10)11)2-3-5(7)9;1-4(2)3-5(7)6(8)9/h4,8H,2-3H2,1H3,(H2,7,9)(H,10,11);4-5H,3,7H2,1-2H3,(H,8,9)/t4-;5-/m01/s1. The van der Waals surface area contributed by atoms with Gasteiger partial charge in [-0.25, -0.2) is 0 Å². The van der Waals surface area contributed by atoms with Gasteiger partial charge in [-0.3, -0.25) is 14.4 Å². The minimum atomic E-state index is -0.964. The van der Waals surface area contributed by atoms with Crippen molar-refractivity contribution in [1.29, 1.82) is 0 Å². The average molecular weight is 291 g/mol. The van der Waals surface area contributed by atoms with E-state index in [1.807, 2.05) is 13.8 Å². The molecule has 0 aromatic heterocycles. The van der Waals surface area contributed by atoms with Crippen LogP contribution >= 0.6 is 0 Å². The summed E-state index contributed by atoms with van der Waals surface area (Å²) in [5.41, 5.74) is 10.1. The lowest BCUT2D eigenvalue weighted by molar-refractivity contribution is -0.140. The Balaban J connectivity index is 0. The fraction of sp³-hybridized carbons (Fsp3) is 0.750. The molecule has 0 aliphatic heterocycles. The Morgan fingerprint density at radius 3 is 1.85 bits per heavy atom. The Morgan fingerprint density at radius 1 is 1.15 bits per heavy atom. The van der Waals surface area contributed by atoms with E-state index in [0.717, 1.165) is 0 Å². The van der Waals surface area contributed by atoms with Gasteiger partial charge in [0, 0.05) is 6.42 Å². The molecule has 0 saturated heterocycles. The first-order valence-electron chi connectivity index (χ1n) is 6.28. The molecule has 8 nitrogen and oxygen atoms in total. The minimum absolute atomic E-state index is 0.0950. The lowest BCUT2D eigenvalue weighted by Crippen LogP contribution is -2.34. The van der Waals surface area contributed by atoms with Crippen molar-refractivity contribution in [1.82, 2.24) is 5.32 Å². The van der Waals surface area contributed by atoms with Crippen LogP contribution in [0.5, 0.6) is 0 Å². The maximum atomic E-state index is 10.3. The summed E-state index contributed by atoms with van der Waals surface area (Å²) in [5, 5.41) is 19.3. The number of rotatable bonds is 8. The molecule has 7 N–H and O–H groups in total. The second-order valence-corrected chi connectivity index (χ2v) is 4.76. The van der Waals surface area contributed by atoms with E-state index < -0.39 is 29.9 Å². The number of carbonyl (C=O) groups is 3. The molecule has 20 heavy (non-hydrogen) atoms. The molecule has 0 bridgehead atoms. The quantitative estimate of drug-likeness (QED) is 0.398. The van der Waals surface area contributed by atoms with E-state index in [2.05, 4.69) is 5.32 Å². The lowest BCUT2D eigenvalue weighted by atomic mass is 10.1. The first-order valence-corrected chi connectivity index (χ1v) is 6.28. The van der Waals surface area contributed by atoms with Gasteiger partial charge in [-0.05, 0) is 25.8 Å². The highest BCUT2D eigenvalue weighted by Gasteiger charge is 2.14. The molecule has 0 unspecified atom stereocenters. The summed E-state index contributed by atoms with van der Waals surface area (Å²) in [4.78, 5) is 30.7. The molecule has 0 rings (SSSR count). The van der Waals surface area contributed by atoms with Crippen molar-refractivity contribution < 1.29 is 24.6 Å². The van der Waals surface area contributed by atoms with E-state index in [9.17, 15) is 14.4 Å². The summed E-state index contributed by atoms with van der Waals surface area (Å²) in [7, 11) is 1.53. The van der Waals surface area contributed by atoms with Gasteiger partial charge in [0.15, 0.2) is 0 Å². The molecule has 0 aliphatic carbocycles. The topological polar surface area (TPSA) is 156 Å².